The molecular weight excluding hydrogens is 394 g/mol. The van der Waals surface area contributed by atoms with Crippen molar-refractivity contribution >= 4 is 35.0 Å². The minimum atomic E-state index is -0.299. The second-order valence-corrected chi connectivity index (χ2v) is 8.73. The van der Waals surface area contributed by atoms with Gasteiger partial charge < -0.3 is 9.88 Å². The molecule has 2 unspecified atom stereocenters. The smallest absolute Gasteiger partial charge is 0.237 e. The van der Waals surface area contributed by atoms with Gasteiger partial charge >= 0.3 is 0 Å². The van der Waals surface area contributed by atoms with Gasteiger partial charge in [-0.25, -0.2) is 0 Å². The Morgan fingerprint density at radius 3 is 2.50 bits per heavy atom. The van der Waals surface area contributed by atoms with Gasteiger partial charge in [0.25, 0.3) is 0 Å². The van der Waals surface area contributed by atoms with E-state index in [1.807, 2.05) is 6.92 Å². The lowest BCUT2D eigenvalue weighted by atomic mass is 10.2. The molecule has 8 heteroatoms. The number of carbonyl (C=O) groups is 1. The molecule has 0 radical (unpaired) electrons. The summed E-state index contributed by atoms with van der Waals surface area (Å²) in [5, 5.41) is 12.9. The molecule has 1 N–H and O–H groups in total. The number of nitrogens with one attached hydrogen (secondary N) is 1. The molecule has 1 aromatic heterocycles. The molecule has 0 bridgehead atoms. The summed E-state index contributed by atoms with van der Waals surface area (Å²) < 4.78 is 2.18. The fourth-order valence-electron chi connectivity index (χ4n) is 2.93. The summed E-state index contributed by atoms with van der Waals surface area (Å²) in [5.74, 6) is 0.896. The maximum atomic E-state index is 12.6. The van der Waals surface area contributed by atoms with Crippen LogP contribution in [0.4, 0.5) is 5.69 Å². The van der Waals surface area contributed by atoms with Gasteiger partial charge in [0, 0.05) is 17.3 Å². The van der Waals surface area contributed by atoms with Gasteiger partial charge in [-0.05, 0) is 58.1 Å². The Hall–Kier alpha value is -1.57. The molecule has 1 amide bonds. The SMILES string of the molecule is CCCCn1c(SC(C)C(=O)Nc2ccc(Cl)cc2)nnc1C(CC)N(C)C. The summed E-state index contributed by atoms with van der Waals surface area (Å²) in [6.45, 7) is 7.06. The topological polar surface area (TPSA) is 63.1 Å². The maximum absolute atomic E-state index is 12.6. The van der Waals surface area contributed by atoms with Crippen molar-refractivity contribution in [1.29, 1.82) is 0 Å². The van der Waals surface area contributed by atoms with E-state index in [4.69, 9.17) is 11.6 Å². The summed E-state index contributed by atoms with van der Waals surface area (Å²) in [6.07, 6.45) is 3.09. The first-order valence-electron chi connectivity index (χ1n) is 9.69. The van der Waals surface area contributed by atoms with Crippen molar-refractivity contribution in [2.45, 2.75) is 63.0 Å². The Balaban J connectivity index is 2.15. The number of hydrogen-bond donors (Lipinski definition) is 1. The number of rotatable bonds is 10. The van der Waals surface area contributed by atoms with Gasteiger partial charge in [0.15, 0.2) is 11.0 Å². The average Bonchev–Trinajstić information content (AvgIpc) is 3.04. The van der Waals surface area contributed by atoms with Crippen molar-refractivity contribution in [3.8, 4) is 0 Å². The highest BCUT2D eigenvalue weighted by Gasteiger charge is 2.24. The van der Waals surface area contributed by atoms with E-state index in [0.717, 1.165) is 42.5 Å². The minimum absolute atomic E-state index is 0.0708. The molecule has 154 valence electrons. The van der Waals surface area contributed by atoms with E-state index in [9.17, 15) is 4.79 Å². The monoisotopic (exact) mass is 423 g/mol. The molecule has 0 aliphatic heterocycles. The molecule has 0 saturated carbocycles. The lowest BCUT2D eigenvalue weighted by Crippen LogP contribution is -2.24. The molecule has 0 aliphatic rings. The van der Waals surface area contributed by atoms with E-state index in [0.29, 0.717) is 5.02 Å². The van der Waals surface area contributed by atoms with Gasteiger partial charge in [0.05, 0.1) is 11.3 Å². The Morgan fingerprint density at radius 2 is 1.93 bits per heavy atom. The van der Waals surface area contributed by atoms with Crippen LogP contribution in [0.25, 0.3) is 0 Å². The molecule has 0 spiro atoms. The summed E-state index contributed by atoms with van der Waals surface area (Å²) >= 11 is 7.35. The quantitative estimate of drug-likeness (QED) is 0.552. The first kappa shape index (κ1) is 22.7. The van der Waals surface area contributed by atoms with Crippen LogP contribution in [-0.4, -0.2) is 44.9 Å². The number of aromatic nitrogens is 3. The van der Waals surface area contributed by atoms with E-state index in [1.165, 1.54) is 11.8 Å². The molecule has 2 rings (SSSR count). The van der Waals surface area contributed by atoms with Crippen molar-refractivity contribution in [2.24, 2.45) is 0 Å². The van der Waals surface area contributed by atoms with Crippen LogP contribution < -0.4 is 5.32 Å². The third kappa shape index (κ3) is 5.96. The Bertz CT molecular complexity index is 762. The molecule has 1 aromatic carbocycles. The third-order valence-corrected chi connectivity index (χ3v) is 5.88. The molecule has 0 saturated heterocycles. The summed E-state index contributed by atoms with van der Waals surface area (Å²) in [5.41, 5.74) is 0.730. The zero-order chi connectivity index (χ0) is 20.7. The number of halogens is 1. The number of nitrogens with zero attached hydrogens (tertiary/aromatic N) is 4. The van der Waals surface area contributed by atoms with Crippen molar-refractivity contribution in [3.63, 3.8) is 0 Å². The molecule has 2 aromatic rings. The maximum Gasteiger partial charge on any atom is 0.237 e. The van der Waals surface area contributed by atoms with Crippen LogP contribution in [0.3, 0.4) is 0 Å². The zero-order valence-electron chi connectivity index (χ0n) is 17.3. The van der Waals surface area contributed by atoms with Crippen LogP contribution >= 0.6 is 23.4 Å². The van der Waals surface area contributed by atoms with E-state index in [2.05, 4.69) is 52.9 Å². The highest BCUT2D eigenvalue weighted by atomic mass is 35.5. The third-order valence-electron chi connectivity index (χ3n) is 4.55. The molecular formula is C20H30ClN5OS. The highest BCUT2D eigenvalue weighted by molar-refractivity contribution is 8.00. The second-order valence-electron chi connectivity index (χ2n) is 6.99. The van der Waals surface area contributed by atoms with Crippen LogP contribution in [-0.2, 0) is 11.3 Å². The summed E-state index contributed by atoms with van der Waals surface area (Å²) in [7, 11) is 4.12. The summed E-state index contributed by atoms with van der Waals surface area (Å²) in [6, 6.07) is 7.31. The number of thioether (sulfide) groups is 1. The van der Waals surface area contributed by atoms with Crippen molar-refractivity contribution in [2.75, 3.05) is 19.4 Å². The van der Waals surface area contributed by atoms with Crippen LogP contribution in [0, 0.1) is 0 Å². The number of carbonyl (C=O) groups excluding carboxylic acids is 1. The first-order chi connectivity index (χ1) is 13.4. The predicted molar refractivity (Wildman–Crippen MR) is 117 cm³/mol. The Morgan fingerprint density at radius 1 is 1.25 bits per heavy atom. The standard InChI is InChI=1S/C20H30ClN5OS/c1-6-8-13-26-18(17(7-2)25(4)5)23-24-20(26)28-14(3)19(27)22-16-11-9-15(21)10-12-16/h9-12,14,17H,6-8,13H2,1-5H3,(H,22,27). The highest BCUT2D eigenvalue weighted by Crippen LogP contribution is 2.28. The van der Waals surface area contributed by atoms with Crippen LogP contribution in [0.2, 0.25) is 5.02 Å². The van der Waals surface area contributed by atoms with E-state index in [1.54, 1.807) is 24.3 Å². The molecule has 1 heterocycles. The zero-order valence-corrected chi connectivity index (χ0v) is 18.8. The lowest BCUT2D eigenvalue weighted by Gasteiger charge is -2.23. The first-order valence-corrected chi connectivity index (χ1v) is 11.0. The second kappa shape index (κ2) is 10.8. The lowest BCUT2D eigenvalue weighted by molar-refractivity contribution is -0.115. The van der Waals surface area contributed by atoms with Gasteiger partial charge in [-0.1, -0.05) is 43.6 Å². The Kier molecular flexibility index (Phi) is 8.79. The van der Waals surface area contributed by atoms with Crippen molar-refractivity contribution in [3.05, 3.63) is 35.1 Å². The number of amides is 1. The van der Waals surface area contributed by atoms with Gasteiger partial charge in [0.2, 0.25) is 5.91 Å². The molecule has 0 aliphatic carbocycles. The molecule has 0 fully saturated rings. The van der Waals surface area contributed by atoms with Gasteiger partial charge in [-0.15, -0.1) is 10.2 Å². The molecule has 6 nitrogen and oxygen atoms in total. The van der Waals surface area contributed by atoms with Crippen LogP contribution in [0.15, 0.2) is 29.4 Å². The fourth-order valence-corrected chi connectivity index (χ4v) is 3.94. The number of hydrogen-bond acceptors (Lipinski definition) is 5. The molecule has 2 atom stereocenters. The number of anilines is 1. The molecule has 28 heavy (non-hydrogen) atoms. The van der Waals surface area contributed by atoms with E-state index < -0.39 is 0 Å². The predicted octanol–water partition coefficient (Wildman–Crippen LogP) is 4.86. The van der Waals surface area contributed by atoms with Gasteiger partial charge in [-0.3, -0.25) is 9.69 Å². The Labute approximate surface area is 177 Å². The normalized spacial score (nSPS) is 13.5. The van der Waals surface area contributed by atoms with Crippen LogP contribution in [0.1, 0.15) is 51.9 Å². The number of benzene rings is 1. The average molecular weight is 424 g/mol. The minimum Gasteiger partial charge on any atom is -0.325 e. The van der Waals surface area contributed by atoms with Crippen molar-refractivity contribution < 1.29 is 4.79 Å². The number of unbranched alkanes of at least 4 members (excludes halogenated alkanes) is 1. The van der Waals surface area contributed by atoms with E-state index >= 15 is 0 Å². The van der Waals surface area contributed by atoms with Gasteiger partial charge in [0.1, 0.15) is 0 Å². The largest absolute Gasteiger partial charge is 0.325 e. The van der Waals surface area contributed by atoms with Crippen LogP contribution in [0.5, 0.6) is 0 Å². The fraction of sp³-hybridized carbons (Fsp3) is 0.550. The van der Waals surface area contributed by atoms with E-state index in [-0.39, 0.29) is 17.2 Å². The van der Waals surface area contributed by atoms with Crippen molar-refractivity contribution in [1.82, 2.24) is 19.7 Å². The van der Waals surface area contributed by atoms with Gasteiger partial charge in [-0.2, -0.15) is 0 Å². The summed E-state index contributed by atoms with van der Waals surface area (Å²) in [4.78, 5) is 14.8.